The molecule has 0 fully saturated rings. The van der Waals surface area contributed by atoms with Gasteiger partial charge in [-0.05, 0) is 36.3 Å². The average Bonchev–Trinajstić information content (AvgIpc) is 2.20. The summed E-state index contributed by atoms with van der Waals surface area (Å²) in [6, 6.07) is 6.74. The van der Waals surface area contributed by atoms with E-state index >= 15 is 0 Å². The fraction of sp³-hybridized carbons (Fsp3) is 0.538. The van der Waals surface area contributed by atoms with Crippen LogP contribution in [-0.4, -0.2) is 11.8 Å². The summed E-state index contributed by atoms with van der Waals surface area (Å²) in [7, 11) is 0. The smallest absolute Gasteiger partial charge is 0.123 e. The minimum absolute atomic E-state index is 0.0780. The molecule has 0 aliphatic heterocycles. The standard InChI is InChI=1S/C13H20FNS/c1-9(2)8-16-13(10(3)15)11-4-6-12(14)7-5-11/h4-7,9-10,13H,8,15H2,1-3H3. The first-order valence-corrected chi connectivity index (χ1v) is 6.68. The largest absolute Gasteiger partial charge is 0.327 e. The van der Waals surface area contributed by atoms with Gasteiger partial charge in [-0.3, -0.25) is 0 Å². The van der Waals surface area contributed by atoms with Crippen LogP contribution < -0.4 is 5.73 Å². The number of hydrogen-bond donors (Lipinski definition) is 1. The van der Waals surface area contributed by atoms with Crippen molar-refractivity contribution in [2.75, 3.05) is 5.75 Å². The van der Waals surface area contributed by atoms with Crippen LogP contribution in [0.1, 0.15) is 31.6 Å². The van der Waals surface area contributed by atoms with Crippen LogP contribution >= 0.6 is 11.8 Å². The molecule has 0 bridgehead atoms. The lowest BCUT2D eigenvalue weighted by Crippen LogP contribution is -2.23. The Morgan fingerprint density at radius 1 is 1.19 bits per heavy atom. The van der Waals surface area contributed by atoms with Crippen molar-refractivity contribution in [3.63, 3.8) is 0 Å². The van der Waals surface area contributed by atoms with Gasteiger partial charge in [-0.1, -0.05) is 26.0 Å². The highest BCUT2D eigenvalue weighted by Gasteiger charge is 2.17. The molecule has 1 aromatic carbocycles. The summed E-state index contributed by atoms with van der Waals surface area (Å²) in [6.07, 6.45) is 0. The van der Waals surface area contributed by atoms with Gasteiger partial charge in [-0.2, -0.15) is 11.8 Å². The summed E-state index contributed by atoms with van der Waals surface area (Å²) < 4.78 is 12.8. The predicted molar refractivity (Wildman–Crippen MR) is 70.1 cm³/mol. The third kappa shape index (κ3) is 4.14. The fourth-order valence-corrected chi connectivity index (χ4v) is 2.75. The fourth-order valence-electron chi connectivity index (χ4n) is 1.50. The van der Waals surface area contributed by atoms with Gasteiger partial charge in [0.25, 0.3) is 0 Å². The van der Waals surface area contributed by atoms with Gasteiger partial charge in [0, 0.05) is 11.3 Å². The third-order valence-corrected chi connectivity index (χ3v) is 4.20. The molecule has 0 saturated carbocycles. The molecule has 1 nitrogen and oxygen atoms in total. The zero-order valence-electron chi connectivity index (χ0n) is 10.1. The molecule has 0 aliphatic carbocycles. The van der Waals surface area contributed by atoms with Gasteiger partial charge in [0.1, 0.15) is 5.82 Å². The third-order valence-electron chi connectivity index (χ3n) is 2.29. The Balaban J connectivity index is 2.73. The first kappa shape index (κ1) is 13.5. The average molecular weight is 241 g/mol. The van der Waals surface area contributed by atoms with E-state index in [0.29, 0.717) is 5.92 Å². The molecule has 2 N–H and O–H groups in total. The van der Waals surface area contributed by atoms with Crippen molar-refractivity contribution >= 4 is 11.8 Å². The number of benzene rings is 1. The summed E-state index contributed by atoms with van der Waals surface area (Å²) in [5.41, 5.74) is 7.09. The molecule has 1 aromatic rings. The highest BCUT2D eigenvalue weighted by molar-refractivity contribution is 7.99. The Morgan fingerprint density at radius 3 is 2.19 bits per heavy atom. The van der Waals surface area contributed by atoms with Crippen LogP contribution in [0.3, 0.4) is 0 Å². The van der Waals surface area contributed by atoms with Gasteiger partial charge >= 0.3 is 0 Å². The Labute approximate surface area is 102 Å². The molecule has 0 heterocycles. The summed E-state index contributed by atoms with van der Waals surface area (Å²) in [6.45, 7) is 6.38. The SMILES string of the molecule is CC(C)CSC(c1ccc(F)cc1)C(C)N. The Kier molecular flexibility index (Phi) is 5.29. The number of nitrogens with two attached hydrogens (primary N) is 1. The molecule has 0 amide bonds. The summed E-state index contributed by atoms with van der Waals surface area (Å²) in [5.74, 6) is 1.52. The molecule has 2 atom stereocenters. The van der Waals surface area contributed by atoms with Crippen LogP contribution in [0.2, 0.25) is 0 Å². The summed E-state index contributed by atoms with van der Waals surface area (Å²) in [5, 5.41) is 0.253. The second kappa shape index (κ2) is 6.26. The first-order valence-electron chi connectivity index (χ1n) is 5.63. The van der Waals surface area contributed by atoms with Crippen LogP contribution in [-0.2, 0) is 0 Å². The van der Waals surface area contributed by atoms with E-state index in [1.54, 1.807) is 0 Å². The first-order chi connectivity index (χ1) is 7.50. The molecule has 0 saturated heterocycles. The monoisotopic (exact) mass is 241 g/mol. The highest BCUT2D eigenvalue weighted by Crippen LogP contribution is 2.32. The summed E-state index contributed by atoms with van der Waals surface area (Å²) >= 11 is 1.85. The summed E-state index contributed by atoms with van der Waals surface area (Å²) in [4.78, 5) is 0. The molecule has 0 spiro atoms. The molecule has 0 aromatic heterocycles. The van der Waals surface area contributed by atoms with Gasteiger partial charge in [0.05, 0.1) is 0 Å². The van der Waals surface area contributed by atoms with E-state index in [0.717, 1.165) is 11.3 Å². The van der Waals surface area contributed by atoms with E-state index in [-0.39, 0.29) is 17.1 Å². The van der Waals surface area contributed by atoms with Crippen molar-refractivity contribution in [2.24, 2.45) is 11.7 Å². The van der Waals surface area contributed by atoms with E-state index in [1.807, 2.05) is 30.8 Å². The molecule has 0 aliphatic rings. The molecule has 1 rings (SSSR count). The minimum atomic E-state index is -0.193. The van der Waals surface area contributed by atoms with E-state index in [1.165, 1.54) is 12.1 Å². The number of hydrogen-bond acceptors (Lipinski definition) is 2. The van der Waals surface area contributed by atoms with Crippen molar-refractivity contribution in [1.29, 1.82) is 0 Å². The normalized spacial score (nSPS) is 15.1. The topological polar surface area (TPSA) is 26.0 Å². The Morgan fingerprint density at radius 2 is 1.75 bits per heavy atom. The lowest BCUT2D eigenvalue weighted by molar-refractivity contribution is 0.625. The van der Waals surface area contributed by atoms with Crippen LogP contribution in [0.4, 0.5) is 4.39 Å². The maximum Gasteiger partial charge on any atom is 0.123 e. The maximum absolute atomic E-state index is 12.8. The molecular weight excluding hydrogens is 221 g/mol. The Hall–Kier alpha value is -0.540. The lowest BCUT2D eigenvalue weighted by Gasteiger charge is -2.21. The highest BCUT2D eigenvalue weighted by atomic mass is 32.2. The lowest BCUT2D eigenvalue weighted by atomic mass is 10.1. The van der Waals surface area contributed by atoms with Crippen LogP contribution in [0, 0.1) is 11.7 Å². The van der Waals surface area contributed by atoms with Gasteiger partial charge in [0.15, 0.2) is 0 Å². The molecule has 2 unspecified atom stereocenters. The molecule has 90 valence electrons. The van der Waals surface area contributed by atoms with Gasteiger partial charge in [-0.15, -0.1) is 0 Å². The van der Waals surface area contributed by atoms with Crippen LogP contribution in [0.25, 0.3) is 0 Å². The predicted octanol–water partition coefficient (Wildman–Crippen LogP) is 3.60. The van der Waals surface area contributed by atoms with E-state index in [9.17, 15) is 4.39 Å². The quantitative estimate of drug-likeness (QED) is 0.852. The maximum atomic E-state index is 12.8. The van der Waals surface area contributed by atoms with Crippen molar-refractivity contribution in [3.05, 3.63) is 35.6 Å². The van der Waals surface area contributed by atoms with E-state index < -0.39 is 0 Å². The second-order valence-corrected chi connectivity index (χ2v) is 5.73. The van der Waals surface area contributed by atoms with Crippen molar-refractivity contribution in [1.82, 2.24) is 0 Å². The minimum Gasteiger partial charge on any atom is -0.327 e. The van der Waals surface area contributed by atoms with Crippen molar-refractivity contribution in [3.8, 4) is 0 Å². The van der Waals surface area contributed by atoms with Crippen LogP contribution in [0.15, 0.2) is 24.3 Å². The number of thioether (sulfide) groups is 1. The van der Waals surface area contributed by atoms with Crippen molar-refractivity contribution in [2.45, 2.75) is 32.1 Å². The molecule has 16 heavy (non-hydrogen) atoms. The zero-order chi connectivity index (χ0) is 12.1. The van der Waals surface area contributed by atoms with Gasteiger partial charge in [0.2, 0.25) is 0 Å². The molecule has 0 radical (unpaired) electrons. The molecule has 3 heteroatoms. The van der Waals surface area contributed by atoms with E-state index in [4.69, 9.17) is 5.73 Å². The van der Waals surface area contributed by atoms with Crippen molar-refractivity contribution < 1.29 is 4.39 Å². The van der Waals surface area contributed by atoms with E-state index in [2.05, 4.69) is 13.8 Å². The molecular formula is C13H20FNS. The zero-order valence-corrected chi connectivity index (χ0v) is 10.9. The second-order valence-electron chi connectivity index (χ2n) is 4.56. The number of rotatable bonds is 5. The van der Waals surface area contributed by atoms with Crippen LogP contribution in [0.5, 0.6) is 0 Å². The van der Waals surface area contributed by atoms with Gasteiger partial charge in [-0.25, -0.2) is 4.39 Å². The van der Waals surface area contributed by atoms with Gasteiger partial charge < -0.3 is 5.73 Å². The Bertz CT molecular complexity index is 308. The number of halogens is 1.